The van der Waals surface area contributed by atoms with E-state index in [9.17, 15) is 0 Å². The van der Waals surface area contributed by atoms with Crippen LogP contribution in [0.25, 0.3) is 10.6 Å². The van der Waals surface area contributed by atoms with Gasteiger partial charge in [0.25, 0.3) is 0 Å². The van der Waals surface area contributed by atoms with Crippen molar-refractivity contribution in [2.45, 2.75) is 13.5 Å². The quantitative estimate of drug-likeness (QED) is 0.941. The number of hydrogen-bond donors (Lipinski definition) is 1. The van der Waals surface area contributed by atoms with Gasteiger partial charge >= 0.3 is 0 Å². The number of hydrogen-bond acceptors (Lipinski definition) is 4. The van der Waals surface area contributed by atoms with Gasteiger partial charge < -0.3 is 10.5 Å². The molecule has 2 N–H and O–H groups in total. The zero-order valence-corrected chi connectivity index (χ0v) is 11.8. The molecule has 3 nitrogen and oxygen atoms in total. The SMILES string of the molecule is CCOc1ccc(-c2nc(Br)c(CN)s2)cc1. The van der Waals surface area contributed by atoms with Crippen molar-refractivity contribution in [3.63, 3.8) is 0 Å². The Labute approximate surface area is 113 Å². The molecule has 1 aromatic carbocycles. The third kappa shape index (κ3) is 2.86. The van der Waals surface area contributed by atoms with Crippen molar-refractivity contribution < 1.29 is 4.74 Å². The minimum Gasteiger partial charge on any atom is -0.494 e. The molecule has 0 aliphatic rings. The van der Waals surface area contributed by atoms with Gasteiger partial charge in [-0.05, 0) is 47.1 Å². The van der Waals surface area contributed by atoms with Crippen molar-refractivity contribution >= 4 is 27.3 Å². The van der Waals surface area contributed by atoms with E-state index in [2.05, 4.69) is 20.9 Å². The van der Waals surface area contributed by atoms with Gasteiger partial charge in [-0.15, -0.1) is 11.3 Å². The van der Waals surface area contributed by atoms with Crippen LogP contribution in [0, 0.1) is 0 Å². The molecule has 0 aliphatic heterocycles. The molecule has 0 saturated carbocycles. The van der Waals surface area contributed by atoms with E-state index < -0.39 is 0 Å². The number of thiazole rings is 1. The van der Waals surface area contributed by atoms with Gasteiger partial charge in [0.15, 0.2) is 0 Å². The average Bonchev–Trinajstić information content (AvgIpc) is 2.72. The first-order valence-electron chi connectivity index (χ1n) is 5.33. The minimum absolute atomic E-state index is 0.509. The lowest BCUT2D eigenvalue weighted by atomic mass is 10.2. The fourth-order valence-electron chi connectivity index (χ4n) is 1.44. The Morgan fingerprint density at radius 3 is 2.59 bits per heavy atom. The Morgan fingerprint density at radius 1 is 1.35 bits per heavy atom. The van der Waals surface area contributed by atoms with Crippen LogP contribution in [-0.2, 0) is 6.54 Å². The zero-order valence-electron chi connectivity index (χ0n) is 9.44. The summed E-state index contributed by atoms with van der Waals surface area (Å²) in [6, 6.07) is 7.93. The van der Waals surface area contributed by atoms with E-state index in [0.717, 1.165) is 25.8 Å². The zero-order chi connectivity index (χ0) is 12.3. The van der Waals surface area contributed by atoms with Gasteiger partial charge in [0, 0.05) is 12.1 Å². The summed E-state index contributed by atoms with van der Waals surface area (Å²) < 4.78 is 6.24. The second-order valence-corrected chi connectivity index (χ2v) is 5.23. The average molecular weight is 313 g/mol. The number of rotatable bonds is 4. The molecule has 0 unspecified atom stereocenters. The van der Waals surface area contributed by atoms with Crippen LogP contribution in [0.5, 0.6) is 5.75 Å². The Hall–Kier alpha value is -0.910. The Balaban J connectivity index is 2.26. The second-order valence-electron chi connectivity index (χ2n) is 3.39. The predicted molar refractivity (Wildman–Crippen MR) is 74.3 cm³/mol. The van der Waals surface area contributed by atoms with Gasteiger partial charge in [-0.2, -0.15) is 0 Å². The molecular weight excluding hydrogens is 300 g/mol. The molecule has 5 heteroatoms. The van der Waals surface area contributed by atoms with E-state index >= 15 is 0 Å². The lowest BCUT2D eigenvalue weighted by Gasteiger charge is -2.02. The number of nitrogens with zero attached hydrogens (tertiary/aromatic N) is 1. The normalized spacial score (nSPS) is 10.5. The Morgan fingerprint density at radius 2 is 2.06 bits per heavy atom. The van der Waals surface area contributed by atoms with Crippen molar-refractivity contribution in [2.75, 3.05) is 6.61 Å². The molecule has 2 aromatic rings. The lowest BCUT2D eigenvalue weighted by molar-refractivity contribution is 0.340. The van der Waals surface area contributed by atoms with E-state index in [0.29, 0.717) is 13.2 Å². The van der Waals surface area contributed by atoms with Crippen molar-refractivity contribution in [1.82, 2.24) is 4.98 Å². The van der Waals surface area contributed by atoms with E-state index in [1.807, 2.05) is 31.2 Å². The van der Waals surface area contributed by atoms with Crippen LogP contribution < -0.4 is 10.5 Å². The van der Waals surface area contributed by atoms with Crippen LogP contribution in [-0.4, -0.2) is 11.6 Å². The van der Waals surface area contributed by atoms with Crippen LogP contribution in [0.2, 0.25) is 0 Å². The molecule has 1 heterocycles. The highest BCUT2D eigenvalue weighted by atomic mass is 79.9. The Bertz CT molecular complexity index is 496. The number of aromatic nitrogens is 1. The third-order valence-corrected chi connectivity index (χ3v) is 4.29. The highest BCUT2D eigenvalue weighted by Crippen LogP contribution is 2.31. The number of benzene rings is 1. The molecule has 0 aliphatic carbocycles. The van der Waals surface area contributed by atoms with Gasteiger partial charge in [-0.3, -0.25) is 0 Å². The number of nitrogens with two attached hydrogens (primary N) is 1. The predicted octanol–water partition coefficient (Wildman–Crippen LogP) is 3.43. The molecule has 0 radical (unpaired) electrons. The van der Waals surface area contributed by atoms with Crippen molar-refractivity contribution in [3.05, 3.63) is 33.7 Å². The van der Waals surface area contributed by atoms with E-state index in [4.69, 9.17) is 10.5 Å². The van der Waals surface area contributed by atoms with Crippen LogP contribution in [0.1, 0.15) is 11.8 Å². The van der Waals surface area contributed by atoms with Crippen molar-refractivity contribution in [3.8, 4) is 16.3 Å². The molecule has 17 heavy (non-hydrogen) atoms. The van der Waals surface area contributed by atoms with E-state index in [1.165, 1.54) is 0 Å². The standard InChI is InChI=1S/C12H13BrN2OS/c1-2-16-9-5-3-8(4-6-9)12-15-11(13)10(7-14)17-12/h3-6H,2,7,14H2,1H3. The van der Waals surface area contributed by atoms with Crippen LogP contribution in [0.3, 0.4) is 0 Å². The fraction of sp³-hybridized carbons (Fsp3) is 0.250. The monoisotopic (exact) mass is 312 g/mol. The molecule has 90 valence electrons. The largest absolute Gasteiger partial charge is 0.494 e. The molecule has 0 saturated heterocycles. The maximum atomic E-state index is 5.63. The summed E-state index contributed by atoms with van der Waals surface area (Å²) in [6.45, 7) is 3.16. The molecule has 0 fully saturated rings. The minimum atomic E-state index is 0.509. The topological polar surface area (TPSA) is 48.1 Å². The second kappa shape index (κ2) is 5.62. The maximum Gasteiger partial charge on any atom is 0.124 e. The van der Waals surface area contributed by atoms with Crippen molar-refractivity contribution in [1.29, 1.82) is 0 Å². The summed E-state index contributed by atoms with van der Waals surface area (Å²) in [5.74, 6) is 0.880. The highest BCUT2D eigenvalue weighted by Gasteiger charge is 2.09. The summed E-state index contributed by atoms with van der Waals surface area (Å²) in [4.78, 5) is 5.51. The summed E-state index contributed by atoms with van der Waals surface area (Å²) in [7, 11) is 0. The first kappa shape index (κ1) is 12.5. The van der Waals surface area contributed by atoms with Gasteiger partial charge in [-0.1, -0.05) is 0 Å². The molecular formula is C12H13BrN2OS. The van der Waals surface area contributed by atoms with Gasteiger partial charge in [0.2, 0.25) is 0 Å². The third-order valence-electron chi connectivity index (χ3n) is 2.25. The Kier molecular flexibility index (Phi) is 4.15. The molecule has 0 atom stereocenters. The van der Waals surface area contributed by atoms with Crippen LogP contribution >= 0.6 is 27.3 Å². The summed E-state index contributed by atoms with van der Waals surface area (Å²) in [6.07, 6.45) is 0. The van der Waals surface area contributed by atoms with Crippen LogP contribution in [0.4, 0.5) is 0 Å². The van der Waals surface area contributed by atoms with E-state index in [-0.39, 0.29) is 0 Å². The van der Waals surface area contributed by atoms with Gasteiger partial charge in [-0.25, -0.2) is 4.98 Å². The molecule has 0 bridgehead atoms. The number of ether oxygens (including phenoxy) is 1. The van der Waals surface area contributed by atoms with E-state index in [1.54, 1.807) is 11.3 Å². The van der Waals surface area contributed by atoms with Crippen LogP contribution in [0.15, 0.2) is 28.9 Å². The molecule has 2 rings (SSSR count). The highest BCUT2D eigenvalue weighted by molar-refractivity contribution is 9.10. The smallest absolute Gasteiger partial charge is 0.124 e. The van der Waals surface area contributed by atoms with Gasteiger partial charge in [0.1, 0.15) is 15.4 Å². The van der Waals surface area contributed by atoms with Gasteiger partial charge in [0.05, 0.1) is 11.5 Å². The summed E-state index contributed by atoms with van der Waals surface area (Å²) in [5, 5.41) is 0.973. The number of halogens is 1. The summed E-state index contributed by atoms with van der Waals surface area (Å²) >= 11 is 5.02. The first-order chi connectivity index (χ1) is 8.24. The molecule has 0 spiro atoms. The molecule has 1 aromatic heterocycles. The fourth-order valence-corrected chi connectivity index (χ4v) is 2.98. The molecule has 0 amide bonds. The lowest BCUT2D eigenvalue weighted by Crippen LogP contribution is -1.92. The first-order valence-corrected chi connectivity index (χ1v) is 6.94. The maximum absolute atomic E-state index is 5.63. The van der Waals surface area contributed by atoms with Crippen molar-refractivity contribution in [2.24, 2.45) is 5.73 Å². The summed E-state index contributed by atoms with van der Waals surface area (Å²) in [5.41, 5.74) is 6.71.